The van der Waals surface area contributed by atoms with Crippen LogP contribution in [0.2, 0.25) is 10.0 Å². The minimum atomic E-state index is -0.977. The van der Waals surface area contributed by atoms with Crippen LogP contribution >= 0.6 is 23.2 Å². The molecule has 1 saturated heterocycles. The van der Waals surface area contributed by atoms with Gasteiger partial charge in [0, 0.05) is 28.3 Å². The summed E-state index contributed by atoms with van der Waals surface area (Å²) in [5, 5.41) is 21.7. The number of likely N-dealkylation sites (N-methyl/N-ethyl adjacent to an activating group) is 1. The third-order valence-corrected chi connectivity index (χ3v) is 6.54. The van der Waals surface area contributed by atoms with Crippen molar-refractivity contribution in [3.8, 4) is 11.5 Å². The molecular formula is C26H20Cl2N2O5. The maximum Gasteiger partial charge on any atom is 0.300 e. The Bertz CT molecular complexity index is 1370. The van der Waals surface area contributed by atoms with Gasteiger partial charge in [-0.15, -0.1) is 0 Å². The number of anilines is 2. The Morgan fingerprint density at radius 2 is 1.69 bits per heavy atom. The number of aliphatic hydroxyl groups is 1. The van der Waals surface area contributed by atoms with Crippen molar-refractivity contribution < 1.29 is 24.5 Å². The average molecular weight is 511 g/mol. The van der Waals surface area contributed by atoms with E-state index in [-0.39, 0.29) is 27.1 Å². The van der Waals surface area contributed by atoms with Gasteiger partial charge in [-0.25, -0.2) is 0 Å². The summed E-state index contributed by atoms with van der Waals surface area (Å²) in [7, 11) is 1.91. The first-order chi connectivity index (χ1) is 16.7. The van der Waals surface area contributed by atoms with Gasteiger partial charge in [0.1, 0.15) is 23.9 Å². The minimum absolute atomic E-state index is 0.0224. The first-order valence-corrected chi connectivity index (χ1v) is 11.5. The predicted molar refractivity (Wildman–Crippen MR) is 135 cm³/mol. The first kappa shape index (κ1) is 23.1. The molecule has 0 radical (unpaired) electrons. The van der Waals surface area contributed by atoms with E-state index in [9.17, 15) is 19.8 Å². The number of fused-ring (bicyclic) bond motifs is 1. The van der Waals surface area contributed by atoms with Crippen LogP contribution in [0, 0.1) is 0 Å². The summed E-state index contributed by atoms with van der Waals surface area (Å²) < 4.78 is 5.67. The Hall–Kier alpha value is -3.68. The highest BCUT2D eigenvalue weighted by Crippen LogP contribution is 2.44. The van der Waals surface area contributed by atoms with Gasteiger partial charge in [-0.05, 0) is 54.1 Å². The zero-order valence-electron chi connectivity index (χ0n) is 18.5. The number of nitrogens with zero attached hydrogens (tertiary/aromatic N) is 2. The molecule has 9 heteroatoms. The molecule has 35 heavy (non-hydrogen) atoms. The Morgan fingerprint density at radius 1 is 1.00 bits per heavy atom. The third kappa shape index (κ3) is 4.07. The number of aromatic hydroxyl groups is 1. The number of amides is 1. The van der Waals surface area contributed by atoms with E-state index < -0.39 is 17.7 Å². The van der Waals surface area contributed by atoms with E-state index in [2.05, 4.69) is 0 Å². The number of aliphatic hydroxyl groups excluding tert-OH is 1. The Kier molecular flexibility index (Phi) is 5.83. The second kappa shape index (κ2) is 8.83. The topological polar surface area (TPSA) is 90.3 Å². The van der Waals surface area contributed by atoms with Crippen LogP contribution in [-0.4, -0.2) is 42.1 Å². The number of hydrogen-bond acceptors (Lipinski definition) is 6. The smallest absolute Gasteiger partial charge is 0.300 e. The van der Waals surface area contributed by atoms with E-state index in [0.29, 0.717) is 35.7 Å². The van der Waals surface area contributed by atoms with Gasteiger partial charge in [0.05, 0.1) is 23.8 Å². The monoisotopic (exact) mass is 510 g/mol. The van der Waals surface area contributed by atoms with Crippen molar-refractivity contribution in [2.24, 2.45) is 0 Å². The first-order valence-electron chi connectivity index (χ1n) is 10.8. The summed E-state index contributed by atoms with van der Waals surface area (Å²) in [6, 6.07) is 14.8. The summed E-state index contributed by atoms with van der Waals surface area (Å²) in [4.78, 5) is 29.8. The highest BCUT2D eigenvalue weighted by molar-refractivity contribution is 6.52. The van der Waals surface area contributed by atoms with Gasteiger partial charge in [0.15, 0.2) is 0 Å². The lowest BCUT2D eigenvalue weighted by molar-refractivity contribution is -0.132. The van der Waals surface area contributed by atoms with Crippen LogP contribution < -0.4 is 14.5 Å². The van der Waals surface area contributed by atoms with Crippen LogP contribution in [0.1, 0.15) is 17.2 Å². The molecule has 3 aromatic rings. The molecule has 0 aliphatic carbocycles. The number of ketones is 1. The molecule has 0 saturated carbocycles. The van der Waals surface area contributed by atoms with Crippen LogP contribution in [0.4, 0.5) is 11.4 Å². The van der Waals surface area contributed by atoms with Crippen molar-refractivity contribution in [1.29, 1.82) is 0 Å². The highest BCUT2D eigenvalue weighted by Gasteiger charge is 2.47. The lowest BCUT2D eigenvalue weighted by atomic mass is 9.94. The van der Waals surface area contributed by atoms with Crippen molar-refractivity contribution in [1.82, 2.24) is 0 Å². The largest absolute Gasteiger partial charge is 0.508 e. The summed E-state index contributed by atoms with van der Waals surface area (Å²) in [6.45, 7) is 1.22. The Balaban J connectivity index is 1.71. The molecule has 2 N–H and O–H groups in total. The molecule has 0 spiro atoms. The van der Waals surface area contributed by atoms with Crippen LogP contribution in [0.25, 0.3) is 5.76 Å². The van der Waals surface area contributed by atoms with E-state index in [0.717, 1.165) is 5.69 Å². The highest BCUT2D eigenvalue weighted by atomic mass is 35.5. The number of benzene rings is 3. The number of phenols is 1. The SMILES string of the molecule is CN1CCOc2ccc(/C(O)=C3/C(=O)C(=O)N(c4cc(Cl)cc(Cl)c4)C3c3ccc(O)cc3)cc21. The van der Waals surface area contributed by atoms with Gasteiger partial charge < -0.3 is 19.8 Å². The summed E-state index contributed by atoms with van der Waals surface area (Å²) in [5.41, 5.74) is 1.86. The molecule has 0 bridgehead atoms. The maximum atomic E-state index is 13.3. The number of ether oxygens (including phenoxy) is 1. The zero-order chi connectivity index (χ0) is 24.9. The molecule has 5 rings (SSSR count). The lowest BCUT2D eigenvalue weighted by Crippen LogP contribution is -2.29. The van der Waals surface area contributed by atoms with E-state index in [1.54, 1.807) is 30.3 Å². The number of carbonyl (C=O) groups excluding carboxylic acids is 2. The second-order valence-electron chi connectivity index (χ2n) is 8.34. The molecule has 3 aromatic carbocycles. The summed E-state index contributed by atoms with van der Waals surface area (Å²) in [5.74, 6) is -1.31. The van der Waals surface area contributed by atoms with Crippen molar-refractivity contribution in [3.05, 3.63) is 87.4 Å². The molecule has 1 amide bonds. The number of phenolic OH excluding ortho intramolecular Hbond substituents is 1. The predicted octanol–water partition coefficient (Wildman–Crippen LogP) is 5.15. The third-order valence-electron chi connectivity index (χ3n) is 6.11. The zero-order valence-corrected chi connectivity index (χ0v) is 20.0. The molecule has 1 fully saturated rings. The summed E-state index contributed by atoms with van der Waals surface area (Å²) in [6.07, 6.45) is 0. The van der Waals surface area contributed by atoms with Crippen LogP contribution in [-0.2, 0) is 9.59 Å². The van der Waals surface area contributed by atoms with Crippen LogP contribution in [0.5, 0.6) is 11.5 Å². The molecule has 2 aliphatic rings. The Morgan fingerprint density at radius 3 is 2.37 bits per heavy atom. The van der Waals surface area contributed by atoms with E-state index >= 15 is 0 Å². The second-order valence-corrected chi connectivity index (χ2v) is 9.21. The fraction of sp³-hybridized carbons (Fsp3) is 0.154. The minimum Gasteiger partial charge on any atom is -0.508 e. The van der Waals surface area contributed by atoms with Gasteiger partial charge in [-0.3, -0.25) is 14.5 Å². The number of hydrogen-bond donors (Lipinski definition) is 2. The van der Waals surface area contributed by atoms with Crippen molar-refractivity contribution in [3.63, 3.8) is 0 Å². The quantitative estimate of drug-likeness (QED) is 0.287. The van der Waals surface area contributed by atoms with Gasteiger partial charge in [-0.1, -0.05) is 35.3 Å². The fourth-order valence-corrected chi connectivity index (χ4v) is 4.92. The normalized spacial score (nSPS) is 19.0. The van der Waals surface area contributed by atoms with Crippen LogP contribution in [0.15, 0.2) is 66.2 Å². The van der Waals surface area contributed by atoms with E-state index in [1.165, 1.54) is 35.2 Å². The fourth-order valence-electron chi connectivity index (χ4n) is 4.40. The number of halogens is 2. The molecule has 7 nitrogen and oxygen atoms in total. The lowest BCUT2D eigenvalue weighted by Gasteiger charge is -2.28. The molecule has 1 unspecified atom stereocenters. The van der Waals surface area contributed by atoms with E-state index in [1.807, 2.05) is 11.9 Å². The molecule has 2 heterocycles. The average Bonchev–Trinajstić information content (AvgIpc) is 3.09. The molecule has 0 aromatic heterocycles. The molecule has 1 atom stereocenters. The van der Waals surface area contributed by atoms with Crippen LogP contribution in [0.3, 0.4) is 0 Å². The van der Waals surface area contributed by atoms with Gasteiger partial charge >= 0.3 is 0 Å². The van der Waals surface area contributed by atoms with Crippen molar-refractivity contribution >= 4 is 52.0 Å². The molecule has 2 aliphatic heterocycles. The maximum absolute atomic E-state index is 13.3. The summed E-state index contributed by atoms with van der Waals surface area (Å²) >= 11 is 12.4. The number of rotatable bonds is 3. The van der Waals surface area contributed by atoms with Gasteiger partial charge in [0.25, 0.3) is 11.7 Å². The molecule has 178 valence electrons. The van der Waals surface area contributed by atoms with E-state index in [4.69, 9.17) is 27.9 Å². The standard InChI is InChI=1S/C26H20Cl2N2O5/c1-29-8-9-35-21-7-4-15(10-20(21)29)24(32)22-23(14-2-5-19(31)6-3-14)30(26(34)25(22)33)18-12-16(27)11-17(28)13-18/h2-7,10-13,23,31-32H,8-9H2,1H3/b24-22-. The number of carbonyl (C=O) groups is 2. The number of Topliss-reactive ketones (excluding diaryl/α,β-unsaturated/α-hetero) is 1. The molecular weight excluding hydrogens is 491 g/mol. The van der Waals surface area contributed by atoms with Gasteiger partial charge in [-0.2, -0.15) is 0 Å². The van der Waals surface area contributed by atoms with Crippen molar-refractivity contribution in [2.45, 2.75) is 6.04 Å². The Labute approximate surface area is 211 Å². The van der Waals surface area contributed by atoms with Gasteiger partial charge in [0.2, 0.25) is 0 Å². The van der Waals surface area contributed by atoms with Crippen molar-refractivity contribution in [2.75, 3.05) is 30.0 Å².